The lowest BCUT2D eigenvalue weighted by Crippen LogP contribution is -2.34. The third kappa shape index (κ3) is 2.72. The molecule has 0 radical (unpaired) electrons. The van der Waals surface area contributed by atoms with Gasteiger partial charge in [0.2, 0.25) is 5.89 Å². The van der Waals surface area contributed by atoms with Crippen LogP contribution in [0, 0.1) is 5.92 Å². The van der Waals surface area contributed by atoms with Gasteiger partial charge in [0.05, 0.1) is 13.2 Å². The molecule has 0 bridgehead atoms. The van der Waals surface area contributed by atoms with Gasteiger partial charge in [0, 0.05) is 11.5 Å². The van der Waals surface area contributed by atoms with Crippen LogP contribution >= 0.6 is 0 Å². The van der Waals surface area contributed by atoms with Crippen molar-refractivity contribution in [3.8, 4) is 0 Å². The molecule has 0 spiro atoms. The molecule has 0 aromatic carbocycles. The molecule has 1 aliphatic rings. The van der Waals surface area contributed by atoms with Crippen molar-refractivity contribution in [2.24, 2.45) is 5.92 Å². The summed E-state index contributed by atoms with van der Waals surface area (Å²) in [6.07, 6.45) is 1.12. The highest BCUT2D eigenvalue weighted by Gasteiger charge is 2.32. The van der Waals surface area contributed by atoms with Gasteiger partial charge in [0.25, 0.3) is 0 Å². The van der Waals surface area contributed by atoms with E-state index in [1.165, 1.54) is 0 Å². The molecule has 1 aliphatic heterocycles. The van der Waals surface area contributed by atoms with E-state index < -0.39 is 0 Å². The molecule has 1 aromatic heterocycles. The predicted octanol–water partition coefficient (Wildman–Crippen LogP) is 1.57. The normalized spacial score (nSPS) is 25.8. The molecule has 2 unspecified atom stereocenters. The molecule has 2 heterocycles. The first-order valence-electron chi connectivity index (χ1n) is 6.60. The molecule has 5 heteroatoms. The fourth-order valence-corrected chi connectivity index (χ4v) is 2.38. The number of hydrogen-bond donors (Lipinski definition) is 1. The van der Waals surface area contributed by atoms with Crippen LogP contribution in [0.2, 0.25) is 0 Å². The van der Waals surface area contributed by atoms with Crippen LogP contribution in [-0.2, 0) is 12.0 Å². The van der Waals surface area contributed by atoms with Gasteiger partial charge < -0.3 is 9.63 Å². The third-order valence-corrected chi connectivity index (χ3v) is 3.66. The molecule has 5 nitrogen and oxygen atoms in total. The fraction of sp³-hybridized carbons (Fsp3) is 0.846. The highest BCUT2D eigenvalue weighted by Crippen LogP contribution is 2.25. The Labute approximate surface area is 108 Å². The van der Waals surface area contributed by atoms with Crippen molar-refractivity contribution in [3.63, 3.8) is 0 Å². The van der Waals surface area contributed by atoms with E-state index in [-0.39, 0.29) is 18.1 Å². The van der Waals surface area contributed by atoms with Gasteiger partial charge in [-0.15, -0.1) is 0 Å². The van der Waals surface area contributed by atoms with Crippen molar-refractivity contribution in [3.05, 3.63) is 11.7 Å². The molecule has 102 valence electrons. The van der Waals surface area contributed by atoms with Crippen molar-refractivity contribution < 1.29 is 9.63 Å². The van der Waals surface area contributed by atoms with Crippen molar-refractivity contribution in [2.45, 2.75) is 52.1 Å². The second-order valence-electron chi connectivity index (χ2n) is 6.25. The first-order chi connectivity index (χ1) is 8.41. The number of nitrogens with zero attached hydrogens (tertiary/aromatic N) is 3. The van der Waals surface area contributed by atoms with Crippen molar-refractivity contribution >= 4 is 0 Å². The van der Waals surface area contributed by atoms with E-state index in [4.69, 9.17) is 4.52 Å². The van der Waals surface area contributed by atoms with Crippen LogP contribution in [-0.4, -0.2) is 39.3 Å². The Hall–Kier alpha value is -0.940. The molecule has 1 N–H and O–H groups in total. The Morgan fingerprint density at radius 1 is 1.44 bits per heavy atom. The number of aliphatic hydroxyl groups is 1. The standard InChI is InChI=1S/C13H23N3O2/c1-9-5-6-16(10(9)8-17)7-11-14-12(15-18-11)13(2,3)4/h9-10,17H,5-8H2,1-4H3. The lowest BCUT2D eigenvalue weighted by molar-refractivity contribution is 0.123. The Balaban J connectivity index is 2.04. The Morgan fingerprint density at radius 3 is 2.72 bits per heavy atom. The van der Waals surface area contributed by atoms with Crippen molar-refractivity contribution in [1.82, 2.24) is 15.0 Å². The number of hydrogen-bond acceptors (Lipinski definition) is 5. The Bertz CT molecular complexity index is 397. The van der Waals surface area contributed by atoms with Crippen molar-refractivity contribution in [1.29, 1.82) is 0 Å². The van der Waals surface area contributed by atoms with E-state index in [0.29, 0.717) is 18.4 Å². The van der Waals surface area contributed by atoms with E-state index in [1.54, 1.807) is 0 Å². The number of likely N-dealkylation sites (tertiary alicyclic amines) is 1. The zero-order chi connectivity index (χ0) is 13.3. The molecule has 0 amide bonds. The van der Waals surface area contributed by atoms with E-state index in [2.05, 4.69) is 42.7 Å². The van der Waals surface area contributed by atoms with E-state index in [0.717, 1.165) is 18.8 Å². The zero-order valence-corrected chi connectivity index (χ0v) is 11.7. The zero-order valence-electron chi connectivity index (χ0n) is 11.7. The van der Waals surface area contributed by atoms with Gasteiger partial charge in [-0.2, -0.15) is 4.98 Å². The molecule has 2 atom stereocenters. The van der Waals surface area contributed by atoms with Crippen LogP contribution in [0.5, 0.6) is 0 Å². The Kier molecular flexibility index (Phi) is 3.73. The summed E-state index contributed by atoms with van der Waals surface area (Å²) in [6.45, 7) is 10.2. The fourth-order valence-electron chi connectivity index (χ4n) is 2.38. The monoisotopic (exact) mass is 253 g/mol. The average molecular weight is 253 g/mol. The van der Waals surface area contributed by atoms with Crippen LogP contribution < -0.4 is 0 Å². The van der Waals surface area contributed by atoms with E-state index in [9.17, 15) is 5.11 Å². The largest absolute Gasteiger partial charge is 0.395 e. The first kappa shape index (κ1) is 13.5. The van der Waals surface area contributed by atoms with Crippen LogP contribution in [0.3, 0.4) is 0 Å². The molecule has 2 rings (SSSR count). The average Bonchev–Trinajstić information content (AvgIpc) is 2.86. The minimum absolute atomic E-state index is 0.0869. The van der Waals surface area contributed by atoms with Gasteiger partial charge in [0.15, 0.2) is 5.82 Å². The Morgan fingerprint density at radius 2 is 2.17 bits per heavy atom. The molecule has 1 saturated heterocycles. The predicted molar refractivity (Wildman–Crippen MR) is 68.1 cm³/mol. The summed E-state index contributed by atoms with van der Waals surface area (Å²) >= 11 is 0. The first-order valence-corrected chi connectivity index (χ1v) is 6.60. The van der Waals surface area contributed by atoms with E-state index >= 15 is 0 Å². The molecule has 1 aromatic rings. The molecule has 0 aliphatic carbocycles. The maximum absolute atomic E-state index is 9.41. The maximum Gasteiger partial charge on any atom is 0.240 e. The van der Waals surface area contributed by atoms with Gasteiger partial charge in [-0.3, -0.25) is 4.90 Å². The third-order valence-electron chi connectivity index (χ3n) is 3.66. The van der Waals surface area contributed by atoms with Crippen LogP contribution in [0.4, 0.5) is 0 Å². The van der Waals surface area contributed by atoms with Gasteiger partial charge in [0.1, 0.15) is 0 Å². The van der Waals surface area contributed by atoms with Gasteiger partial charge in [-0.05, 0) is 18.9 Å². The lowest BCUT2D eigenvalue weighted by atomic mass is 9.96. The molecule has 18 heavy (non-hydrogen) atoms. The number of aliphatic hydroxyl groups excluding tert-OH is 1. The summed E-state index contributed by atoms with van der Waals surface area (Å²) < 4.78 is 5.30. The summed E-state index contributed by atoms with van der Waals surface area (Å²) in [7, 11) is 0. The summed E-state index contributed by atoms with van der Waals surface area (Å²) in [4.78, 5) is 6.66. The summed E-state index contributed by atoms with van der Waals surface area (Å²) in [6, 6.07) is 0.218. The maximum atomic E-state index is 9.41. The smallest absolute Gasteiger partial charge is 0.240 e. The number of rotatable bonds is 3. The summed E-state index contributed by atoms with van der Waals surface area (Å²) in [5, 5.41) is 13.4. The summed E-state index contributed by atoms with van der Waals surface area (Å²) in [5.41, 5.74) is -0.0869. The molecule has 0 saturated carbocycles. The van der Waals surface area contributed by atoms with E-state index in [1.807, 2.05) is 0 Å². The second-order valence-corrected chi connectivity index (χ2v) is 6.25. The minimum atomic E-state index is -0.0869. The SMILES string of the molecule is CC1CCN(Cc2nc(C(C)(C)C)no2)C1CO. The molecule has 1 fully saturated rings. The lowest BCUT2D eigenvalue weighted by Gasteiger charge is -2.23. The van der Waals surface area contributed by atoms with Crippen molar-refractivity contribution in [2.75, 3.05) is 13.2 Å². The quantitative estimate of drug-likeness (QED) is 0.886. The highest BCUT2D eigenvalue weighted by molar-refractivity contribution is 5.00. The number of aromatic nitrogens is 2. The molecular weight excluding hydrogens is 230 g/mol. The molecular formula is C13H23N3O2. The minimum Gasteiger partial charge on any atom is -0.395 e. The topological polar surface area (TPSA) is 62.4 Å². The van der Waals surface area contributed by atoms with Crippen LogP contribution in [0.15, 0.2) is 4.52 Å². The summed E-state index contributed by atoms with van der Waals surface area (Å²) in [5.74, 6) is 1.91. The van der Waals surface area contributed by atoms with Gasteiger partial charge >= 0.3 is 0 Å². The van der Waals surface area contributed by atoms with Crippen LogP contribution in [0.25, 0.3) is 0 Å². The second kappa shape index (κ2) is 4.97. The van der Waals surface area contributed by atoms with Gasteiger partial charge in [-0.1, -0.05) is 32.9 Å². The van der Waals surface area contributed by atoms with Crippen LogP contribution in [0.1, 0.15) is 45.8 Å². The highest BCUT2D eigenvalue weighted by atomic mass is 16.5. The van der Waals surface area contributed by atoms with Gasteiger partial charge in [-0.25, -0.2) is 0 Å².